The molecule has 0 aromatic heterocycles. The van der Waals surface area contributed by atoms with Gasteiger partial charge in [0.15, 0.2) is 0 Å². The molecule has 2 aromatic carbocycles. The summed E-state index contributed by atoms with van der Waals surface area (Å²) in [6.07, 6.45) is 0.580. The predicted octanol–water partition coefficient (Wildman–Crippen LogP) is 3.04. The molecule has 2 aromatic rings. The number of nitrogens with zero attached hydrogens (tertiary/aromatic N) is 3. The van der Waals surface area contributed by atoms with Crippen LogP contribution in [0.2, 0.25) is 0 Å². The number of likely N-dealkylation sites (N-methyl/N-ethyl adjacent to an activating group) is 1. The highest BCUT2D eigenvalue weighted by Gasteiger charge is 2.38. The second-order valence-electron chi connectivity index (χ2n) is 9.42. The third kappa shape index (κ3) is 5.90. The van der Waals surface area contributed by atoms with Gasteiger partial charge >= 0.3 is 12.0 Å². The van der Waals surface area contributed by atoms with Gasteiger partial charge in [0.1, 0.15) is 5.82 Å². The van der Waals surface area contributed by atoms with E-state index in [1.165, 1.54) is 27.4 Å². The van der Waals surface area contributed by atoms with Crippen LogP contribution in [0, 0.1) is 12.7 Å². The van der Waals surface area contributed by atoms with Crippen molar-refractivity contribution in [1.29, 1.82) is 0 Å². The number of hydrogen-bond donors (Lipinski definition) is 1. The summed E-state index contributed by atoms with van der Waals surface area (Å²) in [5, 5.41) is 2.78. The molecule has 1 fully saturated rings. The molecule has 9 nitrogen and oxygen atoms in total. The number of nitrogens with one attached hydrogen (secondary N) is 1. The summed E-state index contributed by atoms with van der Waals surface area (Å²) in [5.74, 6) is -1.08. The molecule has 1 saturated heterocycles. The molecule has 0 aliphatic carbocycles. The van der Waals surface area contributed by atoms with E-state index in [4.69, 9.17) is 4.74 Å². The van der Waals surface area contributed by atoms with Crippen molar-refractivity contribution in [1.82, 2.24) is 19.4 Å². The fraction of sp³-hybridized carbons (Fsp3) is 0.407. The molecule has 0 spiro atoms. The number of rotatable bonds is 7. The van der Waals surface area contributed by atoms with Gasteiger partial charge in [-0.25, -0.2) is 22.4 Å². The van der Waals surface area contributed by atoms with Crippen LogP contribution >= 0.6 is 0 Å². The molecule has 0 radical (unpaired) electrons. The monoisotopic (exact) mass is 544 g/mol. The number of esters is 1. The molecule has 4 rings (SSSR count). The highest BCUT2D eigenvalue weighted by Crippen LogP contribution is 2.32. The van der Waals surface area contributed by atoms with Crippen LogP contribution in [0.25, 0.3) is 0 Å². The standard InChI is InChI=1S/C27H33FN4O5S/c1-4-37-26(33)24-23(30(3)27(34)29-25(24)20-7-5-8-21(28)17-20)18-31-13-6-14-32(16-15-31)38(35,36)22-11-9-19(2)10-12-22/h5,7-12,17,25H,4,6,13-16,18H2,1-3H3,(H,29,34)/t25-/m0/s1. The van der Waals surface area contributed by atoms with Crippen molar-refractivity contribution in [2.75, 3.05) is 46.4 Å². The summed E-state index contributed by atoms with van der Waals surface area (Å²) in [5.41, 5.74) is 2.08. The number of ether oxygens (including phenoxy) is 1. The molecule has 2 heterocycles. The topological polar surface area (TPSA) is 99.3 Å². The summed E-state index contributed by atoms with van der Waals surface area (Å²) in [6, 6.07) is 11.2. The van der Waals surface area contributed by atoms with Crippen molar-refractivity contribution >= 4 is 22.0 Å². The number of amides is 2. The Morgan fingerprint density at radius 3 is 2.53 bits per heavy atom. The third-order valence-electron chi connectivity index (χ3n) is 6.83. The lowest BCUT2D eigenvalue weighted by Gasteiger charge is -2.36. The number of hydrogen-bond acceptors (Lipinski definition) is 6. The molecule has 2 aliphatic rings. The fourth-order valence-electron chi connectivity index (χ4n) is 4.75. The van der Waals surface area contributed by atoms with Gasteiger partial charge in [-0.1, -0.05) is 29.8 Å². The van der Waals surface area contributed by atoms with Gasteiger partial charge in [-0.05, 0) is 56.6 Å². The van der Waals surface area contributed by atoms with Gasteiger partial charge in [0.25, 0.3) is 0 Å². The van der Waals surface area contributed by atoms with Crippen molar-refractivity contribution in [3.8, 4) is 0 Å². The molecule has 11 heteroatoms. The average Bonchev–Trinajstić information content (AvgIpc) is 3.13. The van der Waals surface area contributed by atoms with Crippen molar-refractivity contribution in [3.63, 3.8) is 0 Å². The van der Waals surface area contributed by atoms with Crippen molar-refractivity contribution in [3.05, 3.63) is 76.7 Å². The summed E-state index contributed by atoms with van der Waals surface area (Å²) in [4.78, 5) is 29.7. The van der Waals surface area contributed by atoms with E-state index >= 15 is 0 Å². The van der Waals surface area contributed by atoms with Gasteiger partial charge < -0.3 is 10.1 Å². The minimum atomic E-state index is -3.65. The largest absolute Gasteiger partial charge is 0.463 e. The molecule has 38 heavy (non-hydrogen) atoms. The van der Waals surface area contributed by atoms with E-state index in [9.17, 15) is 22.4 Å². The smallest absolute Gasteiger partial charge is 0.338 e. The fourth-order valence-corrected chi connectivity index (χ4v) is 6.22. The molecule has 2 aliphatic heterocycles. The number of benzene rings is 2. The first-order valence-electron chi connectivity index (χ1n) is 12.6. The lowest BCUT2D eigenvalue weighted by molar-refractivity contribution is -0.139. The first-order chi connectivity index (χ1) is 18.1. The molecule has 0 saturated carbocycles. The number of aryl methyl sites for hydroxylation is 1. The maximum atomic E-state index is 14.0. The molecule has 2 amide bonds. The van der Waals surface area contributed by atoms with E-state index in [2.05, 4.69) is 5.32 Å². The normalized spacial score (nSPS) is 19.7. The van der Waals surface area contributed by atoms with Crippen LogP contribution in [0.1, 0.15) is 30.5 Å². The summed E-state index contributed by atoms with van der Waals surface area (Å²) in [6.45, 7) is 5.56. The zero-order valence-electron chi connectivity index (χ0n) is 21.8. The van der Waals surface area contributed by atoms with Crippen LogP contribution in [-0.4, -0.2) is 80.9 Å². The number of sulfonamides is 1. The van der Waals surface area contributed by atoms with E-state index in [1.807, 2.05) is 11.8 Å². The Morgan fingerprint density at radius 2 is 1.84 bits per heavy atom. The number of carbonyl (C=O) groups excluding carboxylic acids is 2. The third-order valence-corrected chi connectivity index (χ3v) is 8.75. The van der Waals surface area contributed by atoms with Crippen LogP contribution in [0.5, 0.6) is 0 Å². The summed E-state index contributed by atoms with van der Waals surface area (Å²) >= 11 is 0. The van der Waals surface area contributed by atoms with Gasteiger partial charge in [0.2, 0.25) is 10.0 Å². The molecule has 0 bridgehead atoms. The molecule has 1 N–H and O–H groups in total. The first-order valence-corrected chi connectivity index (χ1v) is 14.0. The van der Waals surface area contributed by atoms with E-state index in [-0.39, 0.29) is 30.2 Å². The highest BCUT2D eigenvalue weighted by molar-refractivity contribution is 7.89. The Balaban J connectivity index is 1.61. The van der Waals surface area contributed by atoms with Gasteiger partial charge in [-0.2, -0.15) is 4.31 Å². The second kappa shape index (κ2) is 11.6. The predicted molar refractivity (Wildman–Crippen MR) is 140 cm³/mol. The number of halogens is 1. The number of urea groups is 1. The van der Waals surface area contributed by atoms with E-state index < -0.39 is 33.9 Å². The molecule has 204 valence electrons. The maximum absolute atomic E-state index is 14.0. The van der Waals surface area contributed by atoms with E-state index in [1.54, 1.807) is 44.3 Å². The van der Waals surface area contributed by atoms with Gasteiger partial charge in [0, 0.05) is 38.9 Å². The minimum Gasteiger partial charge on any atom is -0.463 e. The second-order valence-corrected chi connectivity index (χ2v) is 11.4. The Kier molecular flexibility index (Phi) is 8.49. The highest BCUT2D eigenvalue weighted by atomic mass is 32.2. The zero-order valence-corrected chi connectivity index (χ0v) is 22.6. The Hall–Kier alpha value is -3.28. The number of carbonyl (C=O) groups is 2. The quantitative estimate of drug-likeness (QED) is 0.538. The molecule has 0 unspecified atom stereocenters. The SMILES string of the molecule is CCOC(=O)C1=C(CN2CCCN(S(=O)(=O)c3ccc(C)cc3)CC2)N(C)C(=O)N[C@H]1c1cccc(F)c1. The Morgan fingerprint density at radius 1 is 1.11 bits per heavy atom. The van der Waals surface area contributed by atoms with Gasteiger partial charge in [-0.3, -0.25) is 9.80 Å². The minimum absolute atomic E-state index is 0.138. The first kappa shape index (κ1) is 27.7. The average molecular weight is 545 g/mol. The molecule has 1 atom stereocenters. The van der Waals surface area contributed by atoms with E-state index in [0.717, 1.165) is 5.56 Å². The van der Waals surface area contributed by atoms with Crippen molar-refractivity contribution < 1.29 is 27.1 Å². The van der Waals surface area contributed by atoms with Gasteiger partial charge in [0.05, 0.1) is 23.1 Å². The summed E-state index contributed by atoms with van der Waals surface area (Å²) < 4.78 is 47.3. The van der Waals surface area contributed by atoms with Crippen LogP contribution in [0.15, 0.2) is 64.7 Å². The zero-order chi connectivity index (χ0) is 27.4. The lowest BCUT2D eigenvalue weighted by atomic mass is 9.94. The van der Waals surface area contributed by atoms with Crippen LogP contribution in [-0.2, 0) is 19.6 Å². The molecular formula is C27H33FN4O5S. The van der Waals surface area contributed by atoms with Crippen LogP contribution in [0.3, 0.4) is 0 Å². The Bertz CT molecular complexity index is 1330. The maximum Gasteiger partial charge on any atom is 0.338 e. The summed E-state index contributed by atoms with van der Waals surface area (Å²) in [7, 11) is -2.08. The lowest BCUT2D eigenvalue weighted by Crippen LogP contribution is -2.49. The van der Waals surface area contributed by atoms with E-state index in [0.29, 0.717) is 37.3 Å². The Labute approximate surface area is 222 Å². The van der Waals surface area contributed by atoms with Crippen LogP contribution < -0.4 is 5.32 Å². The van der Waals surface area contributed by atoms with Crippen LogP contribution in [0.4, 0.5) is 9.18 Å². The van der Waals surface area contributed by atoms with Crippen molar-refractivity contribution in [2.24, 2.45) is 0 Å². The molecular weight excluding hydrogens is 511 g/mol. The van der Waals surface area contributed by atoms with Gasteiger partial charge in [-0.15, -0.1) is 0 Å². The van der Waals surface area contributed by atoms with Crippen molar-refractivity contribution in [2.45, 2.75) is 31.2 Å².